The second-order valence-corrected chi connectivity index (χ2v) is 11.1. The molecule has 8 atom stereocenters. The van der Waals surface area contributed by atoms with Crippen molar-refractivity contribution in [3.63, 3.8) is 0 Å². The molecular formula is C29H44O6. The third-order valence-electron chi connectivity index (χ3n) is 8.59. The van der Waals surface area contributed by atoms with Crippen LogP contribution in [0.25, 0.3) is 0 Å². The van der Waals surface area contributed by atoms with Gasteiger partial charge in [-0.1, -0.05) is 19.1 Å². The average molecular weight is 489 g/mol. The van der Waals surface area contributed by atoms with Crippen LogP contribution < -0.4 is 0 Å². The van der Waals surface area contributed by atoms with Gasteiger partial charge in [0.1, 0.15) is 0 Å². The highest BCUT2D eigenvalue weighted by Crippen LogP contribution is 2.55. The van der Waals surface area contributed by atoms with Gasteiger partial charge in [-0.25, -0.2) is 0 Å². The summed E-state index contributed by atoms with van der Waals surface area (Å²) in [4.78, 5) is 0. The fourth-order valence-corrected chi connectivity index (χ4v) is 6.74. The summed E-state index contributed by atoms with van der Waals surface area (Å²) in [5.41, 5.74) is 0. The summed E-state index contributed by atoms with van der Waals surface area (Å²) in [5, 5.41) is 0. The molecule has 4 unspecified atom stereocenters. The zero-order valence-electron chi connectivity index (χ0n) is 21.6. The molecule has 3 saturated heterocycles. The lowest BCUT2D eigenvalue weighted by Crippen LogP contribution is -2.34. The molecule has 3 aliphatic heterocycles. The van der Waals surface area contributed by atoms with Gasteiger partial charge in [-0.15, -0.1) is 11.8 Å². The van der Waals surface area contributed by atoms with Gasteiger partial charge in [-0.3, -0.25) is 0 Å². The lowest BCUT2D eigenvalue weighted by atomic mass is 9.89. The molecule has 0 N–H and O–H groups in total. The Kier molecular flexibility index (Phi) is 8.86. The van der Waals surface area contributed by atoms with Gasteiger partial charge in [0.2, 0.25) is 0 Å². The maximum absolute atomic E-state index is 6.62. The maximum Gasteiger partial charge on any atom is 0.169 e. The van der Waals surface area contributed by atoms with Gasteiger partial charge in [-0.2, -0.15) is 0 Å². The SMILES string of the molecule is CC#CCC(C)C(/C=C/[C@@H]1[C@H]2CC3(C[C@H]2C[C@H]1OC1CCCCO1)OCCO3)OC1CCCCO1. The van der Waals surface area contributed by atoms with E-state index in [0.29, 0.717) is 36.9 Å². The van der Waals surface area contributed by atoms with Gasteiger partial charge in [0.15, 0.2) is 18.4 Å². The number of hydrogen-bond acceptors (Lipinski definition) is 6. The van der Waals surface area contributed by atoms with E-state index in [1.54, 1.807) is 0 Å². The molecule has 6 nitrogen and oxygen atoms in total. The van der Waals surface area contributed by atoms with Crippen LogP contribution in [0.2, 0.25) is 0 Å². The molecule has 0 aromatic rings. The number of ether oxygens (including phenoxy) is 6. The van der Waals surface area contributed by atoms with E-state index in [4.69, 9.17) is 28.4 Å². The zero-order chi connectivity index (χ0) is 24.1. The Bertz CT molecular complexity index is 753. The van der Waals surface area contributed by atoms with Crippen LogP contribution in [0.4, 0.5) is 0 Å². The summed E-state index contributed by atoms with van der Waals surface area (Å²) in [6.07, 6.45) is 15.0. The lowest BCUT2D eigenvalue weighted by Gasteiger charge is -2.32. The van der Waals surface area contributed by atoms with Gasteiger partial charge < -0.3 is 28.4 Å². The van der Waals surface area contributed by atoms with Crippen LogP contribution >= 0.6 is 0 Å². The van der Waals surface area contributed by atoms with E-state index in [1.807, 2.05) is 6.92 Å². The minimum Gasteiger partial charge on any atom is -0.353 e. The first-order valence-corrected chi connectivity index (χ1v) is 14.1. The summed E-state index contributed by atoms with van der Waals surface area (Å²) in [6, 6.07) is 0. The Morgan fingerprint density at radius 2 is 1.71 bits per heavy atom. The monoisotopic (exact) mass is 488 g/mol. The summed E-state index contributed by atoms with van der Waals surface area (Å²) in [7, 11) is 0. The maximum atomic E-state index is 6.62. The van der Waals surface area contributed by atoms with Crippen molar-refractivity contribution in [2.75, 3.05) is 26.4 Å². The third kappa shape index (κ3) is 6.32. The van der Waals surface area contributed by atoms with E-state index in [0.717, 1.165) is 71.0 Å². The van der Waals surface area contributed by atoms with E-state index in [9.17, 15) is 0 Å². The van der Waals surface area contributed by atoms with E-state index in [-0.39, 0.29) is 30.6 Å². The normalized spacial score (nSPS) is 38.3. The van der Waals surface area contributed by atoms with Crippen LogP contribution in [0, 0.1) is 35.5 Å². The average Bonchev–Trinajstić information content (AvgIpc) is 3.57. The smallest absolute Gasteiger partial charge is 0.169 e. The molecule has 0 bridgehead atoms. The molecule has 2 aliphatic carbocycles. The van der Waals surface area contributed by atoms with Gasteiger partial charge >= 0.3 is 0 Å². The molecule has 5 rings (SSSR count). The molecule has 196 valence electrons. The number of rotatable bonds is 8. The van der Waals surface area contributed by atoms with Crippen LogP contribution in [0.3, 0.4) is 0 Å². The van der Waals surface area contributed by atoms with Crippen LogP contribution in [0.5, 0.6) is 0 Å². The highest BCUT2D eigenvalue weighted by atomic mass is 16.7. The molecule has 0 aromatic carbocycles. The van der Waals surface area contributed by atoms with Gasteiger partial charge in [0, 0.05) is 38.4 Å². The highest BCUT2D eigenvalue weighted by molar-refractivity contribution is 5.11. The molecule has 2 saturated carbocycles. The number of fused-ring (bicyclic) bond motifs is 1. The summed E-state index contributed by atoms with van der Waals surface area (Å²) < 4.78 is 37.2. The van der Waals surface area contributed by atoms with Crippen molar-refractivity contribution >= 4 is 0 Å². The van der Waals surface area contributed by atoms with Crippen molar-refractivity contribution in [2.24, 2.45) is 23.7 Å². The van der Waals surface area contributed by atoms with E-state index < -0.39 is 0 Å². The van der Waals surface area contributed by atoms with Crippen LogP contribution in [0.1, 0.15) is 78.1 Å². The molecular weight excluding hydrogens is 444 g/mol. The fourth-order valence-electron chi connectivity index (χ4n) is 6.74. The summed E-state index contributed by atoms with van der Waals surface area (Å²) >= 11 is 0. The van der Waals surface area contributed by atoms with Gasteiger partial charge in [0.25, 0.3) is 0 Å². The fraction of sp³-hybridized carbons (Fsp3) is 0.862. The van der Waals surface area contributed by atoms with Crippen molar-refractivity contribution in [1.29, 1.82) is 0 Å². The Hall–Kier alpha value is -0.940. The first-order valence-electron chi connectivity index (χ1n) is 14.1. The second kappa shape index (κ2) is 12.1. The molecule has 0 radical (unpaired) electrons. The van der Waals surface area contributed by atoms with E-state index in [1.165, 1.54) is 6.42 Å². The molecule has 5 fully saturated rings. The largest absolute Gasteiger partial charge is 0.353 e. The Balaban J connectivity index is 1.32. The van der Waals surface area contributed by atoms with Crippen molar-refractivity contribution in [1.82, 2.24) is 0 Å². The molecule has 3 heterocycles. The topological polar surface area (TPSA) is 55.4 Å². The molecule has 5 aliphatic rings. The van der Waals surface area contributed by atoms with Crippen molar-refractivity contribution in [3.05, 3.63) is 12.2 Å². The minimum absolute atomic E-state index is 0.0288. The Morgan fingerprint density at radius 3 is 2.40 bits per heavy atom. The standard InChI is InChI=1S/C29H44O6/c1-3-4-9-21(2)25(34-27-10-5-7-14-30-27)13-12-23-24-20-29(32-16-17-33-29)19-22(24)18-26(23)35-28-11-6-8-15-31-28/h12-13,21-28H,5-11,14-20H2,1-2H3/b13-12+/t21?,22-,23-,24+,25?,26-,27?,28?/m1/s1. The van der Waals surface area contributed by atoms with Crippen molar-refractivity contribution in [2.45, 2.75) is 109 Å². The highest BCUT2D eigenvalue weighted by Gasteiger charge is 2.56. The van der Waals surface area contributed by atoms with Crippen LogP contribution in [-0.2, 0) is 28.4 Å². The van der Waals surface area contributed by atoms with Crippen molar-refractivity contribution < 1.29 is 28.4 Å². The van der Waals surface area contributed by atoms with Crippen LogP contribution in [-0.4, -0.2) is 57.0 Å². The quantitative estimate of drug-likeness (QED) is 0.346. The summed E-state index contributed by atoms with van der Waals surface area (Å²) in [6.45, 7) is 7.15. The molecule has 6 heteroatoms. The van der Waals surface area contributed by atoms with Crippen molar-refractivity contribution in [3.8, 4) is 11.8 Å². The van der Waals surface area contributed by atoms with Gasteiger partial charge in [-0.05, 0) is 69.6 Å². The first-order chi connectivity index (χ1) is 17.2. The predicted octanol–water partition coefficient (Wildman–Crippen LogP) is 5.20. The third-order valence-corrected chi connectivity index (χ3v) is 8.59. The Morgan fingerprint density at radius 1 is 0.971 bits per heavy atom. The lowest BCUT2D eigenvalue weighted by molar-refractivity contribution is -0.198. The molecule has 0 amide bonds. The van der Waals surface area contributed by atoms with E-state index >= 15 is 0 Å². The Labute approximate surface area is 211 Å². The second-order valence-electron chi connectivity index (χ2n) is 11.1. The molecule has 0 aromatic heterocycles. The predicted molar refractivity (Wildman–Crippen MR) is 132 cm³/mol. The minimum atomic E-state index is -0.371. The van der Waals surface area contributed by atoms with Gasteiger partial charge in [0.05, 0.1) is 25.4 Å². The number of hydrogen-bond donors (Lipinski definition) is 0. The molecule has 35 heavy (non-hydrogen) atoms. The first kappa shape index (κ1) is 25.7. The molecule has 1 spiro atoms. The summed E-state index contributed by atoms with van der Waals surface area (Å²) in [5.74, 6) is 7.57. The van der Waals surface area contributed by atoms with Crippen LogP contribution in [0.15, 0.2) is 12.2 Å². The zero-order valence-corrected chi connectivity index (χ0v) is 21.6. The van der Waals surface area contributed by atoms with E-state index in [2.05, 4.69) is 30.9 Å².